The normalized spacial score (nSPS) is 11.0. The maximum atomic E-state index is 11.8. The standard InChI is InChI=1S/C11H12N2O5/c1-11(2,13(17)18)7-10(14)8-3-5-9(6-4-8)12(15)16/h3-6H,7H2,1-2H3. The van der Waals surface area contributed by atoms with Crippen molar-refractivity contribution in [3.8, 4) is 0 Å². The number of non-ortho nitro benzene ring substituents is 1. The van der Waals surface area contributed by atoms with Gasteiger partial charge in [0.25, 0.3) is 5.69 Å². The molecule has 18 heavy (non-hydrogen) atoms. The highest BCUT2D eigenvalue weighted by atomic mass is 16.6. The third-order valence-corrected chi connectivity index (χ3v) is 2.49. The molecule has 0 amide bonds. The van der Waals surface area contributed by atoms with Crippen LogP contribution in [0.2, 0.25) is 0 Å². The number of rotatable bonds is 5. The van der Waals surface area contributed by atoms with Gasteiger partial charge in [-0.1, -0.05) is 0 Å². The lowest BCUT2D eigenvalue weighted by Crippen LogP contribution is -2.33. The maximum absolute atomic E-state index is 11.8. The Kier molecular flexibility index (Phi) is 3.75. The fraction of sp³-hybridized carbons (Fsp3) is 0.364. The average Bonchev–Trinajstić information content (AvgIpc) is 2.28. The second kappa shape index (κ2) is 4.91. The smallest absolute Gasteiger partial charge is 0.269 e. The summed E-state index contributed by atoms with van der Waals surface area (Å²) < 4.78 is 0. The number of nitrogens with zero attached hydrogens (tertiary/aromatic N) is 2. The van der Waals surface area contributed by atoms with Gasteiger partial charge in [-0.25, -0.2) is 0 Å². The minimum Gasteiger partial charge on any atom is -0.294 e. The van der Waals surface area contributed by atoms with Crippen molar-refractivity contribution in [2.24, 2.45) is 0 Å². The number of Topliss-reactive ketones (excluding diaryl/α,β-unsaturated/α-hetero) is 1. The molecule has 1 aromatic carbocycles. The maximum Gasteiger partial charge on any atom is 0.269 e. The molecule has 0 saturated heterocycles. The van der Waals surface area contributed by atoms with Crippen LogP contribution in [0, 0.1) is 20.2 Å². The second-order valence-corrected chi connectivity index (χ2v) is 4.47. The molecule has 96 valence electrons. The molecule has 7 nitrogen and oxygen atoms in total. The first-order valence-corrected chi connectivity index (χ1v) is 5.16. The Labute approximate surface area is 103 Å². The van der Waals surface area contributed by atoms with Crippen LogP contribution < -0.4 is 0 Å². The quantitative estimate of drug-likeness (QED) is 0.454. The van der Waals surface area contributed by atoms with E-state index >= 15 is 0 Å². The molecule has 0 heterocycles. The van der Waals surface area contributed by atoms with Crippen LogP contribution in [-0.4, -0.2) is 21.2 Å². The summed E-state index contributed by atoms with van der Waals surface area (Å²) in [4.78, 5) is 31.8. The molecular formula is C11H12N2O5. The monoisotopic (exact) mass is 252 g/mol. The van der Waals surface area contributed by atoms with Crippen molar-refractivity contribution in [3.63, 3.8) is 0 Å². The molecular weight excluding hydrogens is 240 g/mol. The van der Waals surface area contributed by atoms with E-state index in [4.69, 9.17) is 0 Å². The van der Waals surface area contributed by atoms with Crippen molar-refractivity contribution in [1.29, 1.82) is 0 Å². The molecule has 0 radical (unpaired) electrons. The lowest BCUT2D eigenvalue weighted by molar-refractivity contribution is -0.558. The summed E-state index contributed by atoms with van der Waals surface area (Å²) >= 11 is 0. The van der Waals surface area contributed by atoms with Crippen LogP contribution in [0.15, 0.2) is 24.3 Å². The lowest BCUT2D eigenvalue weighted by Gasteiger charge is -2.14. The number of hydrogen-bond acceptors (Lipinski definition) is 5. The van der Waals surface area contributed by atoms with E-state index in [1.165, 1.54) is 38.1 Å². The first-order chi connectivity index (χ1) is 8.24. The average molecular weight is 252 g/mol. The van der Waals surface area contributed by atoms with Gasteiger partial charge in [0.1, 0.15) is 0 Å². The third kappa shape index (κ3) is 3.09. The zero-order chi connectivity index (χ0) is 13.9. The Hall–Kier alpha value is -2.31. The number of carbonyl (C=O) groups is 1. The van der Waals surface area contributed by atoms with E-state index in [1.54, 1.807) is 0 Å². The summed E-state index contributed by atoms with van der Waals surface area (Å²) in [6.07, 6.45) is -0.252. The molecule has 0 unspecified atom stereocenters. The number of nitro groups is 2. The van der Waals surface area contributed by atoms with Crippen LogP contribution in [0.1, 0.15) is 30.6 Å². The Balaban J connectivity index is 2.86. The second-order valence-electron chi connectivity index (χ2n) is 4.47. The van der Waals surface area contributed by atoms with Gasteiger partial charge in [0.2, 0.25) is 5.54 Å². The van der Waals surface area contributed by atoms with Crippen molar-refractivity contribution < 1.29 is 14.6 Å². The van der Waals surface area contributed by atoms with Gasteiger partial charge in [0.05, 0.1) is 11.3 Å². The molecule has 0 aromatic heterocycles. The van der Waals surface area contributed by atoms with Crippen LogP contribution >= 0.6 is 0 Å². The third-order valence-electron chi connectivity index (χ3n) is 2.49. The Morgan fingerprint density at radius 3 is 2.06 bits per heavy atom. The van der Waals surface area contributed by atoms with E-state index in [1.807, 2.05) is 0 Å². The van der Waals surface area contributed by atoms with Crippen LogP contribution in [0.4, 0.5) is 5.69 Å². The molecule has 7 heteroatoms. The van der Waals surface area contributed by atoms with Crippen LogP contribution in [0.25, 0.3) is 0 Å². The van der Waals surface area contributed by atoms with Crippen LogP contribution in [-0.2, 0) is 0 Å². The van der Waals surface area contributed by atoms with Crippen molar-refractivity contribution >= 4 is 11.5 Å². The van der Waals surface area contributed by atoms with Gasteiger partial charge in [0.15, 0.2) is 5.78 Å². The van der Waals surface area contributed by atoms with Gasteiger partial charge < -0.3 is 0 Å². The topological polar surface area (TPSA) is 103 Å². The number of ketones is 1. The van der Waals surface area contributed by atoms with Crippen molar-refractivity contribution in [3.05, 3.63) is 50.1 Å². The summed E-state index contributed by atoms with van der Waals surface area (Å²) in [5, 5.41) is 21.1. The highest BCUT2D eigenvalue weighted by Gasteiger charge is 2.34. The number of hydrogen-bond donors (Lipinski definition) is 0. The van der Waals surface area contributed by atoms with Gasteiger partial charge >= 0.3 is 0 Å². The van der Waals surface area contributed by atoms with E-state index in [9.17, 15) is 25.0 Å². The zero-order valence-corrected chi connectivity index (χ0v) is 9.95. The van der Waals surface area contributed by atoms with Crippen molar-refractivity contribution in [2.45, 2.75) is 25.8 Å². The minimum absolute atomic E-state index is 0.125. The van der Waals surface area contributed by atoms with Gasteiger partial charge in [-0.3, -0.25) is 25.0 Å². The lowest BCUT2D eigenvalue weighted by atomic mass is 9.95. The van der Waals surface area contributed by atoms with E-state index in [2.05, 4.69) is 0 Å². The molecule has 0 spiro atoms. The molecule has 0 bridgehead atoms. The summed E-state index contributed by atoms with van der Waals surface area (Å²) in [5.74, 6) is -0.411. The molecule has 0 atom stereocenters. The summed E-state index contributed by atoms with van der Waals surface area (Å²) in [7, 11) is 0. The Bertz CT molecular complexity index is 493. The van der Waals surface area contributed by atoms with E-state index in [-0.39, 0.29) is 17.7 Å². The highest BCUT2D eigenvalue weighted by Crippen LogP contribution is 2.19. The number of carbonyl (C=O) groups excluding carboxylic acids is 1. The largest absolute Gasteiger partial charge is 0.294 e. The Morgan fingerprint density at radius 1 is 1.17 bits per heavy atom. The van der Waals surface area contributed by atoms with Crippen molar-refractivity contribution in [2.75, 3.05) is 0 Å². The first kappa shape index (κ1) is 13.8. The number of nitro benzene ring substituents is 1. The first-order valence-electron chi connectivity index (χ1n) is 5.16. The van der Waals surface area contributed by atoms with Crippen molar-refractivity contribution in [1.82, 2.24) is 0 Å². The number of benzene rings is 1. The van der Waals surface area contributed by atoms with E-state index < -0.39 is 21.2 Å². The van der Waals surface area contributed by atoms with Crippen LogP contribution in [0.5, 0.6) is 0 Å². The predicted octanol–water partition coefficient (Wildman–Crippen LogP) is 2.22. The molecule has 1 aromatic rings. The summed E-state index contributed by atoms with van der Waals surface area (Å²) in [5.41, 5.74) is -1.24. The summed E-state index contributed by atoms with van der Waals surface area (Å²) in [6.45, 7) is 2.71. The van der Waals surface area contributed by atoms with E-state index in [0.29, 0.717) is 0 Å². The van der Waals surface area contributed by atoms with Gasteiger partial charge in [-0.15, -0.1) is 0 Å². The molecule has 0 saturated carbocycles. The highest BCUT2D eigenvalue weighted by molar-refractivity contribution is 5.96. The molecule has 0 aliphatic rings. The molecule has 1 rings (SSSR count). The zero-order valence-electron chi connectivity index (χ0n) is 9.95. The fourth-order valence-electron chi connectivity index (χ4n) is 1.33. The molecule has 0 N–H and O–H groups in total. The van der Waals surface area contributed by atoms with Gasteiger partial charge in [-0.05, 0) is 12.1 Å². The predicted molar refractivity (Wildman–Crippen MR) is 63.1 cm³/mol. The van der Waals surface area contributed by atoms with Crippen LogP contribution in [0.3, 0.4) is 0 Å². The van der Waals surface area contributed by atoms with E-state index in [0.717, 1.165) is 0 Å². The van der Waals surface area contributed by atoms with Gasteiger partial charge in [0, 0.05) is 36.5 Å². The SMILES string of the molecule is CC(C)(CC(=O)c1ccc([N+](=O)[O-])cc1)[N+](=O)[O-]. The molecule has 0 fully saturated rings. The minimum atomic E-state index is -1.35. The molecule has 0 aliphatic heterocycles. The Morgan fingerprint density at radius 2 is 1.67 bits per heavy atom. The summed E-state index contributed by atoms with van der Waals surface area (Å²) in [6, 6.07) is 5.01. The fourth-order valence-corrected chi connectivity index (χ4v) is 1.33. The molecule has 0 aliphatic carbocycles. The van der Waals surface area contributed by atoms with Gasteiger partial charge in [-0.2, -0.15) is 0 Å².